The van der Waals surface area contributed by atoms with E-state index in [0.717, 1.165) is 6.42 Å². The molecule has 140 valence electrons. The Kier molecular flexibility index (Phi) is 6.59. The number of alkyl halides is 1. The molecule has 26 heavy (non-hydrogen) atoms. The molecule has 0 amide bonds. The summed E-state index contributed by atoms with van der Waals surface area (Å²) in [7, 11) is -2.41. The van der Waals surface area contributed by atoms with Gasteiger partial charge in [-0.1, -0.05) is 104 Å². The van der Waals surface area contributed by atoms with Crippen molar-refractivity contribution in [2.75, 3.05) is 11.0 Å². The van der Waals surface area contributed by atoms with Gasteiger partial charge in [0.15, 0.2) is 0 Å². The highest BCUT2D eigenvalue weighted by Gasteiger charge is 2.51. The molecule has 0 aromatic heterocycles. The smallest absolute Gasteiger partial charge is 0.261 e. The minimum atomic E-state index is -2.41. The zero-order chi connectivity index (χ0) is 18.6. The van der Waals surface area contributed by atoms with Crippen molar-refractivity contribution in [3.05, 3.63) is 60.7 Å². The molecule has 2 nitrogen and oxygen atoms in total. The van der Waals surface area contributed by atoms with Crippen LogP contribution in [0.5, 0.6) is 0 Å². The van der Waals surface area contributed by atoms with E-state index in [4.69, 9.17) is 9.16 Å². The van der Waals surface area contributed by atoms with Crippen molar-refractivity contribution in [1.82, 2.24) is 0 Å². The highest BCUT2D eigenvalue weighted by molar-refractivity contribution is 14.1. The van der Waals surface area contributed by atoms with E-state index in [1.807, 2.05) is 0 Å². The SMILES string of the molecule is CC(C)(C)[Si](OC[C@@H]1O[C@@H]1CCCI)(c1ccccc1)c1ccccc1. The molecule has 1 aliphatic rings. The lowest BCUT2D eigenvalue weighted by Gasteiger charge is -2.43. The number of epoxide rings is 1. The van der Waals surface area contributed by atoms with E-state index >= 15 is 0 Å². The van der Waals surface area contributed by atoms with Gasteiger partial charge in [0.05, 0.1) is 12.7 Å². The van der Waals surface area contributed by atoms with Crippen LogP contribution in [0, 0.1) is 0 Å². The van der Waals surface area contributed by atoms with Gasteiger partial charge in [0.1, 0.15) is 6.10 Å². The fourth-order valence-corrected chi connectivity index (χ4v) is 8.84. The van der Waals surface area contributed by atoms with Gasteiger partial charge in [-0.15, -0.1) is 0 Å². The summed E-state index contributed by atoms with van der Waals surface area (Å²) in [5, 5.41) is 2.70. The molecular weight excluding hydrogens is 451 g/mol. The van der Waals surface area contributed by atoms with E-state index in [0.29, 0.717) is 12.7 Å². The number of ether oxygens (including phenoxy) is 1. The monoisotopic (exact) mass is 480 g/mol. The standard InChI is InChI=1S/C22H29IO2Si/c1-22(2,3)26(18-11-6-4-7-12-18,19-13-8-5-9-14-19)24-17-21-20(25-21)15-10-16-23/h4-9,11-14,20-21H,10,15-17H2,1-3H3/t20-,21+/m1/s1. The quantitative estimate of drug-likeness (QED) is 0.240. The van der Waals surface area contributed by atoms with Crippen LogP contribution in [-0.2, 0) is 9.16 Å². The predicted octanol–water partition coefficient (Wildman–Crippen LogP) is 4.55. The number of rotatable bonds is 8. The van der Waals surface area contributed by atoms with Gasteiger partial charge < -0.3 is 9.16 Å². The summed E-state index contributed by atoms with van der Waals surface area (Å²) in [4.78, 5) is 0. The Morgan fingerprint density at radius 2 is 1.46 bits per heavy atom. The minimum Gasteiger partial charge on any atom is -0.405 e. The Morgan fingerprint density at radius 1 is 0.923 bits per heavy atom. The third-order valence-corrected chi connectivity index (χ3v) is 11.0. The fourth-order valence-electron chi connectivity index (χ4n) is 3.83. The highest BCUT2D eigenvalue weighted by atomic mass is 127. The van der Waals surface area contributed by atoms with E-state index in [-0.39, 0.29) is 11.1 Å². The van der Waals surface area contributed by atoms with Gasteiger partial charge in [0.25, 0.3) is 8.32 Å². The van der Waals surface area contributed by atoms with Crippen LogP contribution in [0.25, 0.3) is 0 Å². The van der Waals surface area contributed by atoms with Crippen LogP contribution >= 0.6 is 22.6 Å². The normalized spacial score (nSPS) is 20.2. The lowest BCUT2D eigenvalue weighted by atomic mass is 10.2. The van der Waals surface area contributed by atoms with Crippen molar-refractivity contribution in [3.8, 4) is 0 Å². The fraction of sp³-hybridized carbons (Fsp3) is 0.455. The van der Waals surface area contributed by atoms with E-state index in [1.54, 1.807) is 0 Å². The zero-order valence-corrected chi connectivity index (χ0v) is 19.1. The molecule has 1 aliphatic heterocycles. The van der Waals surface area contributed by atoms with E-state index in [2.05, 4.69) is 104 Å². The number of hydrogen-bond acceptors (Lipinski definition) is 2. The molecule has 3 rings (SSSR count). The molecule has 0 N–H and O–H groups in total. The summed E-state index contributed by atoms with van der Waals surface area (Å²) >= 11 is 2.44. The Bertz CT molecular complexity index is 645. The number of hydrogen-bond donors (Lipinski definition) is 0. The molecule has 2 aromatic rings. The average molecular weight is 480 g/mol. The third kappa shape index (κ3) is 4.24. The Morgan fingerprint density at radius 3 is 1.92 bits per heavy atom. The minimum absolute atomic E-state index is 0.0301. The number of halogens is 1. The molecule has 0 bridgehead atoms. The molecule has 1 fully saturated rings. The maximum Gasteiger partial charge on any atom is 0.261 e. The maximum absolute atomic E-state index is 6.91. The summed E-state index contributed by atoms with van der Waals surface area (Å²) < 4.78 is 14.0. The van der Waals surface area contributed by atoms with Crippen LogP contribution in [0.15, 0.2) is 60.7 Å². The topological polar surface area (TPSA) is 21.8 Å². The van der Waals surface area contributed by atoms with Crippen molar-refractivity contribution in [2.45, 2.75) is 50.9 Å². The summed E-state index contributed by atoms with van der Waals surface area (Å²) in [6.45, 7) is 7.65. The summed E-state index contributed by atoms with van der Waals surface area (Å²) in [5.41, 5.74) is 0. The van der Waals surface area contributed by atoms with Crippen LogP contribution in [-0.4, -0.2) is 31.6 Å². The van der Waals surface area contributed by atoms with Gasteiger partial charge in [-0.05, 0) is 32.7 Å². The van der Waals surface area contributed by atoms with Crippen LogP contribution < -0.4 is 10.4 Å². The van der Waals surface area contributed by atoms with E-state index < -0.39 is 8.32 Å². The average Bonchev–Trinajstić information content (AvgIpc) is 3.39. The lowest BCUT2D eigenvalue weighted by molar-refractivity contribution is 0.247. The van der Waals surface area contributed by atoms with Crippen LogP contribution in [0.2, 0.25) is 5.04 Å². The summed E-state index contributed by atoms with van der Waals surface area (Å²) in [5.74, 6) is 0. The second-order valence-corrected chi connectivity index (χ2v) is 13.4. The molecule has 0 saturated carbocycles. The molecule has 0 unspecified atom stereocenters. The van der Waals surface area contributed by atoms with Gasteiger partial charge in [-0.25, -0.2) is 0 Å². The second kappa shape index (κ2) is 8.55. The molecule has 0 spiro atoms. The van der Waals surface area contributed by atoms with Gasteiger partial charge in [0.2, 0.25) is 0 Å². The van der Waals surface area contributed by atoms with Crippen molar-refractivity contribution in [3.63, 3.8) is 0 Å². The first-order chi connectivity index (χ1) is 12.5. The first-order valence-electron chi connectivity index (χ1n) is 9.45. The summed E-state index contributed by atoms with van der Waals surface area (Å²) in [6, 6.07) is 21.7. The molecule has 2 aromatic carbocycles. The molecule has 1 saturated heterocycles. The van der Waals surface area contributed by atoms with E-state index in [9.17, 15) is 0 Å². The molecule has 0 radical (unpaired) electrons. The second-order valence-electron chi connectivity index (χ2n) is 8.02. The predicted molar refractivity (Wildman–Crippen MR) is 120 cm³/mol. The van der Waals surface area contributed by atoms with Crippen molar-refractivity contribution < 1.29 is 9.16 Å². The Labute approximate surface area is 172 Å². The number of benzene rings is 2. The van der Waals surface area contributed by atoms with Crippen molar-refractivity contribution in [1.29, 1.82) is 0 Å². The van der Waals surface area contributed by atoms with Gasteiger partial charge in [-0.2, -0.15) is 0 Å². The molecule has 4 heteroatoms. The third-order valence-electron chi connectivity index (χ3n) is 5.19. The molecule has 2 atom stereocenters. The highest BCUT2D eigenvalue weighted by Crippen LogP contribution is 2.38. The van der Waals surface area contributed by atoms with Crippen LogP contribution in [0.3, 0.4) is 0 Å². The first-order valence-corrected chi connectivity index (χ1v) is 12.9. The maximum atomic E-state index is 6.91. The van der Waals surface area contributed by atoms with Crippen LogP contribution in [0.1, 0.15) is 33.6 Å². The largest absolute Gasteiger partial charge is 0.405 e. The Balaban J connectivity index is 1.91. The lowest BCUT2D eigenvalue weighted by Crippen LogP contribution is -2.66. The Hall–Kier alpha value is -0.693. The molecule has 1 heterocycles. The summed E-state index contributed by atoms with van der Waals surface area (Å²) in [6.07, 6.45) is 3.03. The van der Waals surface area contributed by atoms with Crippen molar-refractivity contribution >= 4 is 41.3 Å². The van der Waals surface area contributed by atoms with Crippen LogP contribution in [0.4, 0.5) is 0 Å². The zero-order valence-electron chi connectivity index (χ0n) is 16.0. The van der Waals surface area contributed by atoms with Crippen molar-refractivity contribution in [2.24, 2.45) is 0 Å². The van der Waals surface area contributed by atoms with Gasteiger partial charge in [-0.3, -0.25) is 0 Å². The van der Waals surface area contributed by atoms with Gasteiger partial charge >= 0.3 is 0 Å². The molecular formula is C22H29IO2Si. The first kappa shape index (κ1) is 20.1. The van der Waals surface area contributed by atoms with E-state index in [1.165, 1.54) is 21.2 Å². The van der Waals surface area contributed by atoms with Gasteiger partial charge in [0, 0.05) is 0 Å². The molecule has 0 aliphatic carbocycles.